The van der Waals surface area contributed by atoms with E-state index in [1.807, 2.05) is 43.7 Å². The molecule has 0 aliphatic rings. The van der Waals surface area contributed by atoms with Gasteiger partial charge in [-0.1, -0.05) is 23.7 Å². The molecule has 0 saturated carbocycles. The zero-order valence-electron chi connectivity index (χ0n) is 10.2. The van der Waals surface area contributed by atoms with E-state index in [1.54, 1.807) is 0 Å². The second-order valence-corrected chi connectivity index (χ2v) is 4.41. The maximum atomic E-state index is 6.14. The van der Waals surface area contributed by atoms with E-state index in [1.165, 1.54) is 0 Å². The fraction of sp³-hybridized carbons (Fsp3) is 0.333. The Hall–Kier alpha value is -1.55. The lowest BCUT2D eigenvalue weighted by Gasteiger charge is -2.10. The second kappa shape index (κ2) is 4.75. The molecule has 1 N–H and O–H groups in total. The van der Waals surface area contributed by atoms with Crippen molar-refractivity contribution in [3.05, 3.63) is 40.4 Å². The summed E-state index contributed by atoms with van der Waals surface area (Å²) in [6.07, 6.45) is 0. The number of aryl methyl sites for hydroxylation is 2. The molecular formula is C12H15ClN4. The fourth-order valence-electron chi connectivity index (χ4n) is 1.63. The maximum absolute atomic E-state index is 6.14. The highest BCUT2D eigenvalue weighted by molar-refractivity contribution is 6.33. The van der Waals surface area contributed by atoms with Crippen LogP contribution in [-0.2, 0) is 13.6 Å². The summed E-state index contributed by atoms with van der Waals surface area (Å²) in [6.45, 7) is 4.56. The summed E-state index contributed by atoms with van der Waals surface area (Å²) in [5.74, 6) is 1.79. The second-order valence-electron chi connectivity index (χ2n) is 4.01. The first-order chi connectivity index (χ1) is 8.09. The zero-order valence-corrected chi connectivity index (χ0v) is 10.9. The number of para-hydroxylation sites is 1. The summed E-state index contributed by atoms with van der Waals surface area (Å²) < 4.78 is 1.96. The van der Waals surface area contributed by atoms with Crippen LogP contribution in [0.3, 0.4) is 0 Å². The molecule has 5 heteroatoms. The summed E-state index contributed by atoms with van der Waals surface area (Å²) in [6, 6.07) is 5.84. The van der Waals surface area contributed by atoms with Gasteiger partial charge in [0.25, 0.3) is 0 Å². The maximum Gasteiger partial charge on any atom is 0.152 e. The Kier molecular flexibility index (Phi) is 3.33. The highest BCUT2D eigenvalue weighted by Gasteiger charge is 2.07. The monoisotopic (exact) mass is 250 g/mol. The molecule has 2 aromatic rings. The van der Waals surface area contributed by atoms with Crippen LogP contribution in [0.5, 0.6) is 0 Å². The molecule has 0 fully saturated rings. The van der Waals surface area contributed by atoms with E-state index in [0.29, 0.717) is 6.54 Å². The van der Waals surface area contributed by atoms with Crippen LogP contribution in [0.25, 0.3) is 0 Å². The molecule has 0 bridgehead atoms. The van der Waals surface area contributed by atoms with Crippen LogP contribution in [0.1, 0.15) is 17.2 Å². The molecule has 1 heterocycles. The van der Waals surface area contributed by atoms with Crippen LogP contribution in [0.2, 0.25) is 5.02 Å². The van der Waals surface area contributed by atoms with E-state index in [4.69, 9.17) is 11.6 Å². The van der Waals surface area contributed by atoms with Gasteiger partial charge in [0.1, 0.15) is 5.82 Å². The molecule has 0 amide bonds. The largest absolute Gasteiger partial charge is 0.376 e. The third kappa shape index (κ3) is 2.42. The zero-order chi connectivity index (χ0) is 12.4. The van der Waals surface area contributed by atoms with Gasteiger partial charge in [0.15, 0.2) is 5.82 Å². The molecule has 1 aromatic heterocycles. The van der Waals surface area contributed by atoms with Crippen molar-refractivity contribution in [1.82, 2.24) is 14.8 Å². The van der Waals surface area contributed by atoms with Gasteiger partial charge < -0.3 is 9.88 Å². The van der Waals surface area contributed by atoms with Crippen molar-refractivity contribution in [2.75, 3.05) is 5.32 Å². The normalized spacial score (nSPS) is 10.6. The predicted molar refractivity (Wildman–Crippen MR) is 69.3 cm³/mol. The topological polar surface area (TPSA) is 42.7 Å². The number of benzene rings is 1. The SMILES string of the molecule is Cc1cccc(Cl)c1NCc1nnc(C)n1C. The number of anilines is 1. The molecular weight excluding hydrogens is 236 g/mol. The van der Waals surface area contributed by atoms with Crippen molar-refractivity contribution < 1.29 is 0 Å². The fourth-order valence-corrected chi connectivity index (χ4v) is 1.92. The molecule has 90 valence electrons. The van der Waals surface area contributed by atoms with Crippen molar-refractivity contribution in [3.8, 4) is 0 Å². The van der Waals surface area contributed by atoms with Gasteiger partial charge in [0.2, 0.25) is 0 Å². The van der Waals surface area contributed by atoms with E-state index in [2.05, 4.69) is 15.5 Å². The van der Waals surface area contributed by atoms with Gasteiger partial charge in [0, 0.05) is 7.05 Å². The van der Waals surface area contributed by atoms with Gasteiger partial charge >= 0.3 is 0 Å². The number of hydrogen-bond donors (Lipinski definition) is 1. The summed E-state index contributed by atoms with van der Waals surface area (Å²) >= 11 is 6.14. The number of nitrogens with one attached hydrogen (secondary N) is 1. The number of rotatable bonds is 3. The van der Waals surface area contributed by atoms with Crippen LogP contribution in [-0.4, -0.2) is 14.8 Å². The van der Waals surface area contributed by atoms with Gasteiger partial charge in [-0.2, -0.15) is 0 Å². The van der Waals surface area contributed by atoms with Gasteiger partial charge in [0.05, 0.1) is 17.3 Å². The molecule has 4 nitrogen and oxygen atoms in total. The molecule has 2 rings (SSSR count). The molecule has 0 aliphatic heterocycles. The smallest absolute Gasteiger partial charge is 0.152 e. The minimum atomic E-state index is 0.613. The van der Waals surface area contributed by atoms with Gasteiger partial charge in [-0.15, -0.1) is 10.2 Å². The summed E-state index contributed by atoms with van der Waals surface area (Å²) in [5.41, 5.74) is 2.08. The first-order valence-electron chi connectivity index (χ1n) is 5.43. The van der Waals surface area contributed by atoms with Gasteiger partial charge in [-0.3, -0.25) is 0 Å². The van der Waals surface area contributed by atoms with Crippen molar-refractivity contribution >= 4 is 17.3 Å². The Morgan fingerprint density at radius 1 is 1.29 bits per heavy atom. The Morgan fingerprint density at radius 2 is 2.06 bits per heavy atom. The van der Waals surface area contributed by atoms with E-state index in [0.717, 1.165) is 27.9 Å². The van der Waals surface area contributed by atoms with Crippen molar-refractivity contribution in [1.29, 1.82) is 0 Å². The van der Waals surface area contributed by atoms with E-state index >= 15 is 0 Å². The van der Waals surface area contributed by atoms with E-state index < -0.39 is 0 Å². The average Bonchev–Trinajstić information content (AvgIpc) is 2.60. The summed E-state index contributed by atoms with van der Waals surface area (Å²) in [5, 5.41) is 12.1. The third-order valence-corrected chi connectivity index (χ3v) is 3.14. The third-order valence-electron chi connectivity index (χ3n) is 2.83. The lowest BCUT2D eigenvalue weighted by atomic mass is 10.2. The quantitative estimate of drug-likeness (QED) is 0.911. The van der Waals surface area contributed by atoms with Crippen molar-refractivity contribution in [2.45, 2.75) is 20.4 Å². The Labute approximate surface area is 106 Å². The predicted octanol–water partition coefficient (Wildman–Crippen LogP) is 2.70. The van der Waals surface area contributed by atoms with Crippen LogP contribution in [0, 0.1) is 13.8 Å². The van der Waals surface area contributed by atoms with Crippen molar-refractivity contribution in [3.63, 3.8) is 0 Å². The highest BCUT2D eigenvalue weighted by Crippen LogP contribution is 2.25. The van der Waals surface area contributed by atoms with Crippen molar-refractivity contribution in [2.24, 2.45) is 7.05 Å². The van der Waals surface area contributed by atoms with Crippen LogP contribution in [0.4, 0.5) is 5.69 Å². The minimum absolute atomic E-state index is 0.613. The van der Waals surface area contributed by atoms with E-state index in [9.17, 15) is 0 Å². The van der Waals surface area contributed by atoms with E-state index in [-0.39, 0.29) is 0 Å². The Bertz CT molecular complexity index is 513. The minimum Gasteiger partial charge on any atom is -0.376 e. The molecule has 0 saturated heterocycles. The lowest BCUT2D eigenvalue weighted by molar-refractivity contribution is 0.789. The standard InChI is InChI=1S/C12H15ClN4/c1-8-5-4-6-10(13)12(8)14-7-11-16-15-9(2)17(11)3/h4-6,14H,7H2,1-3H3. The number of halogens is 1. The Balaban J connectivity index is 2.15. The van der Waals surface area contributed by atoms with Crippen LogP contribution >= 0.6 is 11.6 Å². The van der Waals surface area contributed by atoms with Gasteiger partial charge in [-0.05, 0) is 25.5 Å². The molecule has 0 unspecified atom stereocenters. The molecule has 0 radical (unpaired) electrons. The molecule has 1 aromatic carbocycles. The number of hydrogen-bond acceptors (Lipinski definition) is 3. The molecule has 0 aliphatic carbocycles. The first-order valence-corrected chi connectivity index (χ1v) is 5.81. The van der Waals surface area contributed by atoms with Crippen LogP contribution in [0.15, 0.2) is 18.2 Å². The number of aromatic nitrogens is 3. The Morgan fingerprint density at radius 3 is 2.65 bits per heavy atom. The first kappa shape index (κ1) is 11.9. The average molecular weight is 251 g/mol. The number of nitrogens with zero attached hydrogens (tertiary/aromatic N) is 3. The summed E-state index contributed by atoms with van der Waals surface area (Å²) in [4.78, 5) is 0. The molecule has 0 spiro atoms. The summed E-state index contributed by atoms with van der Waals surface area (Å²) in [7, 11) is 1.95. The lowest BCUT2D eigenvalue weighted by Crippen LogP contribution is -2.07. The molecule has 17 heavy (non-hydrogen) atoms. The highest BCUT2D eigenvalue weighted by atomic mass is 35.5. The molecule has 0 atom stereocenters. The van der Waals surface area contributed by atoms with Crippen LogP contribution < -0.4 is 5.32 Å². The van der Waals surface area contributed by atoms with Gasteiger partial charge in [-0.25, -0.2) is 0 Å².